The highest BCUT2D eigenvalue weighted by molar-refractivity contribution is 5.84. The molecule has 100 valence electrons. The van der Waals surface area contributed by atoms with E-state index in [1.165, 1.54) is 11.1 Å². The number of hydrogen-bond donors (Lipinski definition) is 0. The number of ether oxygens (including phenoxy) is 1. The van der Waals surface area contributed by atoms with Crippen molar-refractivity contribution in [3.05, 3.63) is 40.9 Å². The first kappa shape index (κ1) is 13.3. The molecule has 4 nitrogen and oxygen atoms in total. The molecule has 0 atom stereocenters. The summed E-state index contributed by atoms with van der Waals surface area (Å²) in [6, 6.07) is 4.14. The fourth-order valence-corrected chi connectivity index (χ4v) is 1.91. The second-order valence-corrected chi connectivity index (χ2v) is 4.50. The Bertz CT molecular complexity index is 614. The Morgan fingerprint density at radius 3 is 2.58 bits per heavy atom. The largest absolute Gasteiger partial charge is 0.459 e. The van der Waals surface area contributed by atoms with Gasteiger partial charge in [0.05, 0.1) is 12.8 Å². The van der Waals surface area contributed by atoms with Gasteiger partial charge in [0.2, 0.25) is 0 Å². The molecule has 0 aliphatic carbocycles. The Kier molecular flexibility index (Phi) is 3.69. The zero-order valence-electron chi connectivity index (χ0n) is 11.6. The zero-order valence-corrected chi connectivity index (χ0v) is 11.6. The van der Waals surface area contributed by atoms with Gasteiger partial charge < -0.3 is 9.15 Å². The van der Waals surface area contributed by atoms with E-state index >= 15 is 0 Å². The van der Waals surface area contributed by atoms with E-state index in [9.17, 15) is 4.79 Å². The van der Waals surface area contributed by atoms with Crippen LogP contribution in [-0.2, 0) is 4.74 Å². The second kappa shape index (κ2) is 5.26. The van der Waals surface area contributed by atoms with Crippen LogP contribution in [-0.4, -0.2) is 17.6 Å². The molecule has 2 aromatic rings. The van der Waals surface area contributed by atoms with Gasteiger partial charge in [-0.25, -0.2) is 9.78 Å². The molecule has 0 amide bonds. The van der Waals surface area contributed by atoms with Gasteiger partial charge >= 0.3 is 11.9 Å². The van der Waals surface area contributed by atoms with Crippen molar-refractivity contribution in [3.8, 4) is 11.3 Å². The average Bonchev–Trinajstić information content (AvgIpc) is 2.83. The smallest absolute Gasteiger partial charge is 0.394 e. The van der Waals surface area contributed by atoms with Crippen LogP contribution in [0.1, 0.15) is 34.3 Å². The van der Waals surface area contributed by atoms with Crippen molar-refractivity contribution in [1.29, 1.82) is 0 Å². The molecule has 0 aliphatic heterocycles. The van der Waals surface area contributed by atoms with Crippen molar-refractivity contribution >= 4 is 5.97 Å². The molecule has 1 aromatic heterocycles. The molecule has 0 saturated carbocycles. The van der Waals surface area contributed by atoms with Crippen molar-refractivity contribution < 1.29 is 13.9 Å². The van der Waals surface area contributed by atoms with Crippen LogP contribution < -0.4 is 0 Å². The first-order valence-electron chi connectivity index (χ1n) is 6.24. The predicted octanol–water partition coefficient (Wildman–Crippen LogP) is 3.44. The van der Waals surface area contributed by atoms with Gasteiger partial charge in [-0.15, -0.1) is 0 Å². The van der Waals surface area contributed by atoms with E-state index in [1.54, 1.807) is 13.1 Å². The van der Waals surface area contributed by atoms with Crippen LogP contribution in [0.3, 0.4) is 0 Å². The fourth-order valence-electron chi connectivity index (χ4n) is 1.91. The monoisotopic (exact) mass is 259 g/mol. The van der Waals surface area contributed by atoms with Crippen LogP contribution in [0.5, 0.6) is 0 Å². The molecule has 1 aromatic carbocycles. The number of nitrogens with zero attached hydrogens (tertiary/aromatic N) is 1. The summed E-state index contributed by atoms with van der Waals surface area (Å²) in [4.78, 5) is 15.5. The lowest BCUT2D eigenvalue weighted by molar-refractivity contribution is 0.0482. The van der Waals surface area contributed by atoms with Gasteiger partial charge in [0.25, 0.3) is 0 Å². The summed E-state index contributed by atoms with van der Waals surface area (Å²) in [7, 11) is 0. The van der Waals surface area contributed by atoms with Crippen molar-refractivity contribution in [2.45, 2.75) is 27.7 Å². The maximum absolute atomic E-state index is 11.5. The van der Waals surface area contributed by atoms with Crippen molar-refractivity contribution in [1.82, 2.24) is 4.98 Å². The molecule has 0 saturated heterocycles. The molecular weight excluding hydrogens is 242 g/mol. The van der Waals surface area contributed by atoms with Crippen LogP contribution in [0.4, 0.5) is 0 Å². The quantitative estimate of drug-likeness (QED) is 0.792. The highest BCUT2D eigenvalue weighted by Crippen LogP contribution is 2.27. The summed E-state index contributed by atoms with van der Waals surface area (Å²) in [5.74, 6) is 0.0494. The first-order valence-corrected chi connectivity index (χ1v) is 6.24. The number of esters is 1. The van der Waals surface area contributed by atoms with Gasteiger partial charge in [-0.2, -0.15) is 0 Å². The normalized spacial score (nSPS) is 10.5. The molecule has 2 rings (SSSR count). The third-order valence-corrected chi connectivity index (χ3v) is 3.06. The lowest BCUT2D eigenvalue weighted by Gasteiger charge is -2.06. The van der Waals surface area contributed by atoms with E-state index in [1.807, 2.05) is 19.9 Å². The molecule has 0 N–H and O–H groups in total. The summed E-state index contributed by atoms with van der Waals surface area (Å²) < 4.78 is 10.3. The standard InChI is InChI=1S/C15H17NO3/c1-5-18-15(17)14-16-8-13(19-14)12-7-10(3)9(2)6-11(12)4/h6-8H,5H2,1-4H3. The maximum Gasteiger partial charge on any atom is 0.394 e. The number of benzene rings is 1. The highest BCUT2D eigenvalue weighted by Gasteiger charge is 2.16. The summed E-state index contributed by atoms with van der Waals surface area (Å²) in [6.07, 6.45) is 1.56. The Morgan fingerprint density at radius 1 is 1.21 bits per heavy atom. The van der Waals surface area contributed by atoms with E-state index in [-0.39, 0.29) is 5.89 Å². The van der Waals surface area contributed by atoms with E-state index < -0.39 is 5.97 Å². The minimum atomic E-state index is -0.532. The first-order chi connectivity index (χ1) is 9.02. The van der Waals surface area contributed by atoms with Gasteiger partial charge in [-0.05, 0) is 50.5 Å². The maximum atomic E-state index is 11.5. The van der Waals surface area contributed by atoms with Crippen molar-refractivity contribution in [2.75, 3.05) is 6.61 Å². The minimum absolute atomic E-state index is 0.00511. The summed E-state index contributed by atoms with van der Waals surface area (Å²) >= 11 is 0. The van der Waals surface area contributed by atoms with Crippen LogP contribution in [0.15, 0.2) is 22.7 Å². The molecule has 0 bridgehead atoms. The molecule has 19 heavy (non-hydrogen) atoms. The molecule has 4 heteroatoms. The topological polar surface area (TPSA) is 52.3 Å². The van der Waals surface area contributed by atoms with Gasteiger partial charge in [-0.1, -0.05) is 6.07 Å². The van der Waals surface area contributed by atoms with Crippen LogP contribution >= 0.6 is 0 Å². The highest BCUT2D eigenvalue weighted by atomic mass is 16.5. The number of oxazole rings is 1. The molecule has 0 spiro atoms. The summed E-state index contributed by atoms with van der Waals surface area (Å²) in [6.45, 7) is 8.17. The van der Waals surface area contributed by atoms with Crippen LogP contribution in [0, 0.1) is 20.8 Å². The van der Waals surface area contributed by atoms with Gasteiger partial charge in [0.1, 0.15) is 0 Å². The average molecular weight is 259 g/mol. The molecule has 0 unspecified atom stereocenters. The number of carbonyl (C=O) groups excluding carboxylic acids is 1. The fraction of sp³-hybridized carbons (Fsp3) is 0.333. The Hall–Kier alpha value is -2.10. The Balaban J connectivity index is 2.38. The summed E-state index contributed by atoms with van der Waals surface area (Å²) in [5, 5.41) is 0. The third kappa shape index (κ3) is 2.67. The molecule has 1 heterocycles. The molecular formula is C15H17NO3. The van der Waals surface area contributed by atoms with E-state index in [2.05, 4.69) is 18.0 Å². The zero-order chi connectivity index (χ0) is 14.0. The number of hydrogen-bond acceptors (Lipinski definition) is 4. The van der Waals surface area contributed by atoms with Crippen LogP contribution in [0.2, 0.25) is 0 Å². The van der Waals surface area contributed by atoms with Gasteiger partial charge in [0, 0.05) is 5.56 Å². The minimum Gasteiger partial charge on any atom is -0.459 e. The lowest BCUT2D eigenvalue weighted by Crippen LogP contribution is -2.04. The molecule has 0 radical (unpaired) electrons. The van der Waals surface area contributed by atoms with Crippen LogP contribution in [0.25, 0.3) is 11.3 Å². The Morgan fingerprint density at radius 2 is 1.89 bits per heavy atom. The second-order valence-electron chi connectivity index (χ2n) is 4.50. The Labute approximate surface area is 112 Å². The van der Waals surface area contributed by atoms with E-state index in [0.717, 1.165) is 11.1 Å². The SMILES string of the molecule is CCOC(=O)c1ncc(-c2cc(C)c(C)cc2C)o1. The van der Waals surface area contributed by atoms with Gasteiger partial charge in [0.15, 0.2) is 5.76 Å². The number of aryl methyl sites for hydroxylation is 3. The van der Waals surface area contributed by atoms with E-state index in [0.29, 0.717) is 12.4 Å². The number of aromatic nitrogens is 1. The van der Waals surface area contributed by atoms with E-state index in [4.69, 9.17) is 9.15 Å². The summed E-state index contributed by atoms with van der Waals surface area (Å²) in [5.41, 5.74) is 4.45. The number of carbonyl (C=O) groups is 1. The van der Waals surface area contributed by atoms with Crippen molar-refractivity contribution in [3.63, 3.8) is 0 Å². The van der Waals surface area contributed by atoms with Crippen molar-refractivity contribution in [2.24, 2.45) is 0 Å². The predicted molar refractivity (Wildman–Crippen MR) is 72.1 cm³/mol. The van der Waals surface area contributed by atoms with Gasteiger partial charge in [-0.3, -0.25) is 0 Å². The number of rotatable bonds is 3. The molecule has 0 fully saturated rings. The lowest BCUT2D eigenvalue weighted by atomic mass is 10.00. The third-order valence-electron chi connectivity index (χ3n) is 3.06. The molecule has 0 aliphatic rings.